The molecule has 0 unspecified atom stereocenters. The van der Waals surface area contributed by atoms with Crippen molar-refractivity contribution in [3.8, 4) is 28.3 Å². The van der Waals surface area contributed by atoms with Gasteiger partial charge in [-0.3, -0.25) is 0 Å². The second kappa shape index (κ2) is 4.47. The van der Waals surface area contributed by atoms with E-state index in [4.69, 9.17) is 5.73 Å². The van der Waals surface area contributed by atoms with Crippen LogP contribution in [-0.2, 0) is 0 Å². The van der Waals surface area contributed by atoms with Crippen molar-refractivity contribution in [3.63, 3.8) is 0 Å². The number of hydrogen-bond donors (Lipinski definition) is 1. The SMILES string of the molecule is N#Cc1c2cccccc-2c(-c2ccccc2)c1N. The highest BCUT2D eigenvalue weighted by molar-refractivity contribution is 6.00. The fraction of sp³-hybridized carbons (Fsp3) is 0. The summed E-state index contributed by atoms with van der Waals surface area (Å²) in [5, 5.41) is 9.33. The highest BCUT2D eigenvalue weighted by Gasteiger charge is 2.21. The largest absolute Gasteiger partial charge is 0.397 e. The van der Waals surface area contributed by atoms with Gasteiger partial charge in [-0.1, -0.05) is 60.7 Å². The van der Waals surface area contributed by atoms with Crippen molar-refractivity contribution in [1.29, 1.82) is 5.26 Å². The van der Waals surface area contributed by atoms with Gasteiger partial charge >= 0.3 is 0 Å². The third-order valence-electron chi connectivity index (χ3n) is 3.29. The summed E-state index contributed by atoms with van der Waals surface area (Å²) < 4.78 is 0. The monoisotopic (exact) mass is 244 g/mol. The Hall–Kier alpha value is -2.79. The second-order valence-corrected chi connectivity index (χ2v) is 4.38. The van der Waals surface area contributed by atoms with Crippen molar-refractivity contribution in [2.24, 2.45) is 0 Å². The zero-order valence-electron chi connectivity index (χ0n) is 10.3. The minimum atomic E-state index is 0.560. The van der Waals surface area contributed by atoms with Crippen LogP contribution in [0.1, 0.15) is 5.56 Å². The average molecular weight is 244 g/mol. The molecule has 0 aliphatic heterocycles. The smallest absolute Gasteiger partial charge is 0.102 e. The summed E-state index contributed by atoms with van der Waals surface area (Å²) in [5.74, 6) is 0. The van der Waals surface area contributed by atoms with Crippen molar-refractivity contribution in [2.45, 2.75) is 0 Å². The topological polar surface area (TPSA) is 49.8 Å². The molecular weight excluding hydrogens is 232 g/mol. The number of nitrogens with zero attached hydrogens (tertiary/aromatic N) is 1. The fourth-order valence-electron chi connectivity index (χ4n) is 2.43. The van der Waals surface area contributed by atoms with Crippen LogP contribution in [0.25, 0.3) is 22.3 Å². The minimum absolute atomic E-state index is 0.560. The lowest BCUT2D eigenvalue weighted by molar-refractivity contribution is 1.51. The zero-order chi connectivity index (χ0) is 13.2. The van der Waals surface area contributed by atoms with E-state index in [1.807, 2.05) is 60.7 Å². The highest BCUT2D eigenvalue weighted by Crippen LogP contribution is 2.44. The third-order valence-corrected chi connectivity index (χ3v) is 3.29. The molecule has 90 valence electrons. The van der Waals surface area contributed by atoms with Crippen LogP contribution in [0.4, 0.5) is 5.69 Å². The van der Waals surface area contributed by atoms with E-state index in [1.54, 1.807) is 0 Å². The summed E-state index contributed by atoms with van der Waals surface area (Å²) in [4.78, 5) is 0. The van der Waals surface area contributed by atoms with Crippen LogP contribution >= 0.6 is 0 Å². The molecule has 0 bridgehead atoms. The summed E-state index contributed by atoms with van der Waals surface area (Å²) in [6, 6.07) is 22.0. The van der Waals surface area contributed by atoms with Gasteiger partial charge in [0.1, 0.15) is 6.07 Å². The Balaban J connectivity index is 2.40. The van der Waals surface area contributed by atoms with Crippen LogP contribution in [0.15, 0.2) is 60.7 Å². The molecule has 3 rings (SSSR count). The summed E-state index contributed by atoms with van der Waals surface area (Å²) in [5.41, 5.74) is 11.2. The summed E-state index contributed by atoms with van der Waals surface area (Å²) >= 11 is 0. The van der Waals surface area contributed by atoms with Gasteiger partial charge in [-0.2, -0.15) is 5.26 Å². The number of hydrogen-bond acceptors (Lipinski definition) is 2. The van der Waals surface area contributed by atoms with Crippen LogP contribution in [-0.4, -0.2) is 0 Å². The highest BCUT2D eigenvalue weighted by atomic mass is 14.6. The number of anilines is 1. The summed E-state index contributed by atoms with van der Waals surface area (Å²) in [6.07, 6.45) is 0. The normalized spacial score (nSPS) is 10.3. The number of rotatable bonds is 1. The van der Waals surface area contributed by atoms with Crippen molar-refractivity contribution < 1.29 is 0 Å². The van der Waals surface area contributed by atoms with Crippen LogP contribution < -0.4 is 5.73 Å². The van der Waals surface area contributed by atoms with Gasteiger partial charge in [-0.15, -0.1) is 0 Å². The summed E-state index contributed by atoms with van der Waals surface area (Å²) in [7, 11) is 0. The Morgan fingerprint density at radius 2 is 1.37 bits per heavy atom. The van der Waals surface area contributed by atoms with E-state index in [0.717, 1.165) is 22.3 Å². The van der Waals surface area contributed by atoms with Gasteiger partial charge in [0.2, 0.25) is 0 Å². The molecule has 19 heavy (non-hydrogen) atoms. The zero-order valence-corrected chi connectivity index (χ0v) is 10.3. The Labute approximate surface area is 112 Å². The van der Waals surface area contributed by atoms with E-state index in [-0.39, 0.29) is 0 Å². The number of fused-ring (bicyclic) bond motifs is 1. The quantitative estimate of drug-likeness (QED) is 0.705. The van der Waals surface area contributed by atoms with Gasteiger partial charge in [0.05, 0.1) is 11.3 Å². The maximum atomic E-state index is 9.33. The molecule has 0 atom stereocenters. The minimum Gasteiger partial charge on any atom is -0.397 e. The van der Waals surface area contributed by atoms with E-state index < -0.39 is 0 Å². The number of benzene rings is 1. The first-order valence-electron chi connectivity index (χ1n) is 6.08. The molecule has 1 aromatic rings. The molecule has 0 radical (unpaired) electrons. The number of nitrogens with two attached hydrogens (primary N) is 1. The van der Waals surface area contributed by atoms with E-state index in [2.05, 4.69) is 6.07 Å². The van der Waals surface area contributed by atoms with Gasteiger partial charge in [0.15, 0.2) is 0 Å². The molecule has 0 amide bonds. The molecule has 2 aliphatic carbocycles. The molecule has 0 saturated heterocycles. The van der Waals surface area contributed by atoms with Crippen molar-refractivity contribution in [3.05, 3.63) is 66.2 Å². The van der Waals surface area contributed by atoms with Crippen LogP contribution in [0.2, 0.25) is 0 Å². The van der Waals surface area contributed by atoms with Crippen molar-refractivity contribution in [1.82, 2.24) is 0 Å². The first-order chi connectivity index (χ1) is 9.33. The lowest BCUT2D eigenvalue weighted by atomic mass is 10.0. The van der Waals surface area contributed by atoms with E-state index in [1.165, 1.54) is 0 Å². The van der Waals surface area contributed by atoms with Crippen LogP contribution in [0.3, 0.4) is 0 Å². The summed E-state index contributed by atoms with van der Waals surface area (Å²) in [6.45, 7) is 0. The Kier molecular flexibility index (Phi) is 2.66. The van der Waals surface area contributed by atoms with E-state index in [9.17, 15) is 5.26 Å². The molecule has 0 spiro atoms. The van der Waals surface area contributed by atoms with Crippen molar-refractivity contribution in [2.75, 3.05) is 5.73 Å². The molecule has 2 nitrogen and oxygen atoms in total. The van der Waals surface area contributed by atoms with Crippen molar-refractivity contribution >= 4 is 5.69 Å². The van der Waals surface area contributed by atoms with Crippen LogP contribution in [0, 0.1) is 11.3 Å². The Bertz CT molecular complexity index is 739. The van der Waals surface area contributed by atoms with Gasteiger partial charge in [-0.25, -0.2) is 0 Å². The number of nitrogen functional groups attached to an aromatic ring is 1. The maximum absolute atomic E-state index is 9.33. The average Bonchev–Trinajstić information content (AvgIpc) is 2.58. The number of nitriles is 1. The predicted octanol–water partition coefficient (Wildman–Crippen LogP) is 3.91. The third kappa shape index (κ3) is 1.73. The lowest BCUT2D eigenvalue weighted by Crippen LogP contribution is -1.87. The van der Waals surface area contributed by atoms with Gasteiger partial charge in [0.25, 0.3) is 0 Å². The molecule has 0 fully saturated rings. The predicted molar refractivity (Wildman–Crippen MR) is 77.6 cm³/mol. The first kappa shape index (κ1) is 11.3. The maximum Gasteiger partial charge on any atom is 0.102 e. The second-order valence-electron chi connectivity index (χ2n) is 4.38. The first-order valence-corrected chi connectivity index (χ1v) is 6.08. The Morgan fingerprint density at radius 1 is 0.789 bits per heavy atom. The molecule has 0 heterocycles. The Morgan fingerprint density at radius 3 is 2.00 bits per heavy atom. The van der Waals surface area contributed by atoms with E-state index >= 15 is 0 Å². The van der Waals surface area contributed by atoms with Gasteiger partial charge < -0.3 is 5.73 Å². The van der Waals surface area contributed by atoms with Gasteiger partial charge in [-0.05, 0) is 11.1 Å². The molecule has 0 saturated carbocycles. The molecule has 0 aromatic heterocycles. The van der Waals surface area contributed by atoms with E-state index in [0.29, 0.717) is 11.3 Å². The van der Waals surface area contributed by atoms with Gasteiger partial charge in [0, 0.05) is 11.1 Å². The lowest BCUT2D eigenvalue weighted by Gasteiger charge is -2.03. The molecule has 2 N–H and O–H groups in total. The van der Waals surface area contributed by atoms with Crippen LogP contribution in [0.5, 0.6) is 0 Å². The molecule has 2 heteroatoms. The molecular formula is C17H12N2. The standard InChI is InChI=1S/C17H12N2/c18-11-15-13-9-5-2-6-10-14(13)16(17(15)19)12-7-3-1-4-8-12/h1-10H,19H2. The fourth-order valence-corrected chi connectivity index (χ4v) is 2.43. The molecule has 1 aromatic carbocycles. The molecule has 2 aliphatic rings.